The van der Waals surface area contributed by atoms with Crippen LogP contribution in [0.4, 0.5) is 0 Å². The van der Waals surface area contributed by atoms with E-state index in [0.29, 0.717) is 6.54 Å². The van der Waals surface area contributed by atoms with E-state index in [4.69, 9.17) is 4.98 Å². The third-order valence-electron chi connectivity index (χ3n) is 5.00. The third kappa shape index (κ3) is 5.47. The van der Waals surface area contributed by atoms with Crippen LogP contribution in [-0.2, 0) is 11.3 Å². The number of para-hydroxylation sites is 2. The Morgan fingerprint density at radius 1 is 1.09 bits per heavy atom. The first kappa shape index (κ1) is 22.3. The molecule has 0 aliphatic heterocycles. The molecule has 0 fully saturated rings. The van der Waals surface area contributed by atoms with Crippen molar-refractivity contribution in [2.45, 2.75) is 25.5 Å². The maximum atomic E-state index is 12.5. The highest BCUT2D eigenvalue weighted by Crippen LogP contribution is 2.25. The molecular weight excluding hydrogens is 484 g/mol. The number of rotatable bonds is 7. The van der Waals surface area contributed by atoms with Gasteiger partial charge in [0, 0.05) is 4.47 Å². The number of amides is 1. The minimum absolute atomic E-state index is 0.168. The summed E-state index contributed by atoms with van der Waals surface area (Å²) in [6, 6.07) is 24.3. The minimum Gasteiger partial charge on any atom is -0.314 e. The van der Waals surface area contributed by atoms with Gasteiger partial charge in [-0.3, -0.25) is 4.79 Å². The molecule has 3 aromatic carbocycles. The van der Waals surface area contributed by atoms with Crippen LogP contribution in [0, 0.1) is 6.92 Å². The lowest BCUT2D eigenvalue weighted by molar-refractivity contribution is -0.118. The molecule has 162 valence electrons. The van der Waals surface area contributed by atoms with E-state index in [0.717, 1.165) is 31.9 Å². The van der Waals surface area contributed by atoms with Crippen molar-refractivity contribution in [3.8, 4) is 0 Å². The average Bonchev–Trinajstić information content (AvgIpc) is 3.15. The second kappa shape index (κ2) is 10.1. The van der Waals surface area contributed by atoms with E-state index < -0.39 is 0 Å². The molecule has 1 N–H and O–H groups in total. The molecule has 0 saturated carbocycles. The predicted octanol–water partition coefficient (Wildman–Crippen LogP) is 5.79. The highest BCUT2D eigenvalue weighted by Gasteiger charge is 2.13. The monoisotopic (exact) mass is 506 g/mol. The van der Waals surface area contributed by atoms with Crippen LogP contribution in [0.25, 0.3) is 11.0 Å². The summed E-state index contributed by atoms with van der Waals surface area (Å²) in [5.74, 6) is 0.0604. The van der Waals surface area contributed by atoms with Gasteiger partial charge in [0.15, 0.2) is 5.16 Å². The number of carbonyl (C=O) groups is 1. The van der Waals surface area contributed by atoms with Gasteiger partial charge >= 0.3 is 0 Å². The Kier molecular flexibility index (Phi) is 7.07. The normalized spacial score (nSPS) is 11.7. The molecule has 1 amide bonds. The number of imidazole rings is 1. The number of aryl methyl sites for hydroxylation is 1. The van der Waals surface area contributed by atoms with Gasteiger partial charge in [0.25, 0.3) is 5.91 Å². The van der Waals surface area contributed by atoms with Gasteiger partial charge < -0.3 is 4.57 Å². The van der Waals surface area contributed by atoms with Crippen LogP contribution in [0.3, 0.4) is 0 Å². The Hall–Kier alpha value is -2.90. The summed E-state index contributed by atoms with van der Waals surface area (Å²) >= 11 is 4.87. The van der Waals surface area contributed by atoms with Crippen LogP contribution in [0.15, 0.2) is 87.5 Å². The molecule has 1 heterocycles. The maximum absolute atomic E-state index is 12.5. The molecule has 1 aromatic heterocycles. The van der Waals surface area contributed by atoms with Gasteiger partial charge in [-0.1, -0.05) is 81.8 Å². The number of aromatic nitrogens is 2. The number of hydrazone groups is 1. The number of carbonyl (C=O) groups excluding carboxylic acids is 1. The minimum atomic E-state index is -0.168. The summed E-state index contributed by atoms with van der Waals surface area (Å²) in [6.45, 7) is 4.65. The van der Waals surface area contributed by atoms with Crippen molar-refractivity contribution in [2.75, 3.05) is 5.75 Å². The van der Waals surface area contributed by atoms with Gasteiger partial charge in [0.2, 0.25) is 0 Å². The zero-order valence-corrected chi connectivity index (χ0v) is 20.3. The summed E-state index contributed by atoms with van der Waals surface area (Å²) in [7, 11) is 0. The lowest BCUT2D eigenvalue weighted by Crippen LogP contribution is -2.21. The van der Waals surface area contributed by atoms with Gasteiger partial charge in [-0.05, 0) is 49.2 Å². The van der Waals surface area contributed by atoms with Crippen molar-refractivity contribution in [1.29, 1.82) is 0 Å². The van der Waals surface area contributed by atoms with E-state index in [2.05, 4.69) is 68.3 Å². The van der Waals surface area contributed by atoms with E-state index in [1.165, 1.54) is 22.9 Å². The van der Waals surface area contributed by atoms with Gasteiger partial charge in [0.1, 0.15) is 0 Å². The molecule has 0 radical (unpaired) electrons. The van der Waals surface area contributed by atoms with Gasteiger partial charge in [-0.25, -0.2) is 10.4 Å². The van der Waals surface area contributed by atoms with E-state index in [-0.39, 0.29) is 11.7 Å². The zero-order valence-electron chi connectivity index (χ0n) is 17.9. The Bertz CT molecular complexity index is 1280. The molecule has 0 bridgehead atoms. The molecule has 0 saturated heterocycles. The molecule has 4 aromatic rings. The van der Waals surface area contributed by atoms with Crippen molar-refractivity contribution in [3.05, 3.63) is 94.0 Å². The smallest absolute Gasteiger partial charge is 0.250 e. The number of hydrogen-bond acceptors (Lipinski definition) is 4. The fourth-order valence-electron chi connectivity index (χ4n) is 3.28. The topological polar surface area (TPSA) is 59.3 Å². The summed E-state index contributed by atoms with van der Waals surface area (Å²) in [5, 5.41) is 5.06. The number of fused-ring (bicyclic) bond motifs is 1. The molecule has 32 heavy (non-hydrogen) atoms. The zero-order chi connectivity index (χ0) is 22.5. The number of nitrogens with zero attached hydrogens (tertiary/aromatic N) is 3. The molecule has 0 aliphatic carbocycles. The highest BCUT2D eigenvalue weighted by atomic mass is 79.9. The quantitative estimate of drug-likeness (QED) is 0.196. The number of nitrogens with one attached hydrogen (secondary N) is 1. The van der Waals surface area contributed by atoms with Crippen LogP contribution in [0.5, 0.6) is 0 Å². The first-order chi connectivity index (χ1) is 15.5. The first-order valence-corrected chi connectivity index (χ1v) is 12.0. The molecule has 5 nitrogen and oxygen atoms in total. The lowest BCUT2D eigenvalue weighted by Gasteiger charge is -2.09. The van der Waals surface area contributed by atoms with Crippen molar-refractivity contribution >= 4 is 50.3 Å². The second-order valence-electron chi connectivity index (χ2n) is 7.49. The molecule has 0 spiro atoms. The fraction of sp³-hybridized carbons (Fsp3) is 0.160. The van der Waals surface area contributed by atoms with Crippen LogP contribution in [-0.4, -0.2) is 26.9 Å². The highest BCUT2D eigenvalue weighted by molar-refractivity contribution is 9.10. The van der Waals surface area contributed by atoms with Gasteiger partial charge in [-0.15, -0.1) is 0 Å². The SMILES string of the molecule is C/C(=N\NC(=O)CSc1nc2ccccc2n1Cc1ccc(C)cc1)c1cccc(Br)c1. The molecular formula is C25H23BrN4OS. The molecule has 0 unspecified atom stereocenters. The van der Waals surface area contributed by atoms with E-state index in [1.807, 2.05) is 49.4 Å². The predicted molar refractivity (Wildman–Crippen MR) is 135 cm³/mol. The number of hydrogen-bond donors (Lipinski definition) is 1. The number of thioether (sulfide) groups is 1. The summed E-state index contributed by atoms with van der Waals surface area (Å²) in [4.78, 5) is 17.2. The second-order valence-corrected chi connectivity index (χ2v) is 9.34. The van der Waals surface area contributed by atoms with Crippen LogP contribution < -0.4 is 5.43 Å². The van der Waals surface area contributed by atoms with Gasteiger partial charge in [-0.2, -0.15) is 5.10 Å². The van der Waals surface area contributed by atoms with E-state index >= 15 is 0 Å². The Morgan fingerprint density at radius 2 is 1.88 bits per heavy atom. The first-order valence-electron chi connectivity index (χ1n) is 10.2. The standard InChI is InChI=1S/C25H23BrN4OS/c1-17-10-12-19(13-11-17)15-30-23-9-4-3-8-22(23)27-25(30)32-16-24(31)29-28-18(2)20-6-5-7-21(26)14-20/h3-14H,15-16H2,1-2H3,(H,29,31)/b28-18+. The molecule has 4 rings (SSSR count). The van der Waals surface area contributed by atoms with Crippen molar-refractivity contribution in [1.82, 2.24) is 15.0 Å². The van der Waals surface area contributed by atoms with Crippen molar-refractivity contribution in [2.24, 2.45) is 5.10 Å². The van der Waals surface area contributed by atoms with E-state index in [9.17, 15) is 4.79 Å². The largest absolute Gasteiger partial charge is 0.314 e. The Morgan fingerprint density at radius 3 is 2.66 bits per heavy atom. The lowest BCUT2D eigenvalue weighted by atomic mass is 10.1. The average molecular weight is 507 g/mol. The maximum Gasteiger partial charge on any atom is 0.250 e. The molecule has 7 heteroatoms. The van der Waals surface area contributed by atoms with Gasteiger partial charge in [0.05, 0.1) is 29.0 Å². The summed E-state index contributed by atoms with van der Waals surface area (Å²) in [6.07, 6.45) is 0. The third-order valence-corrected chi connectivity index (χ3v) is 6.47. The van der Waals surface area contributed by atoms with Crippen LogP contribution in [0.1, 0.15) is 23.6 Å². The summed E-state index contributed by atoms with van der Waals surface area (Å²) in [5.41, 5.74) is 8.76. The fourth-order valence-corrected chi connectivity index (χ4v) is 4.48. The number of benzene rings is 3. The Balaban J connectivity index is 1.47. The van der Waals surface area contributed by atoms with Crippen LogP contribution in [0.2, 0.25) is 0 Å². The van der Waals surface area contributed by atoms with E-state index in [1.54, 1.807) is 0 Å². The van der Waals surface area contributed by atoms with Crippen molar-refractivity contribution < 1.29 is 4.79 Å². The number of halogens is 1. The molecule has 0 aliphatic rings. The molecule has 0 atom stereocenters. The summed E-state index contributed by atoms with van der Waals surface area (Å²) < 4.78 is 3.13. The van der Waals surface area contributed by atoms with Crippen LogP contribution >= 0.6 is 27.7 Å². The van der Waals surface area contributed by atoms with Crippen molar-refractivity contribution in [3.63, 3.8) is 0 Å². The Labute approximate surface area is 200 Å².